The van der Waals surface area contributed by atoms with E-state index in [0.717, 1.165) is 77.9 Å². The molecule has 0 spiro atoms. The Kier molecular flexibility index (Phi) is 12.0. The van der Waals surface area contributed by atoms with Crippen LogP contribution in [0.5, 0.6) is 0 Å². The zero-order chi connectivity index (χ0) is 17.2. The molecular formula is C17H36IN5O2. The van der Waals surface area contributed by atoms with Crippen molar-refractivity contribution in [2.45, 2.75) is 31.9 Å². The van der Waals surface area contributed by atoms with Gasteiger partial charge in [-0.1, -0.05) is 0 Å². The first kappa shape index (κ1) is 22.9. The maximum Gasteiger partial charge on any atom is 0.191 e. The van der Waals surface area contributed by atoms with Gasteiger partial charge < -0.3 is 25.0 Å². The van der Waals surface area contributed by atoms with Crippen LogP contribution in [0.25, 0.3) is 0 Å². The molecule has 0 aromatic carbocycles. The Morgan fingerprint density at radius 2 is 2.12 bits per heavy atom. The molecule has 2 unspecified atom stereocenters. The fraction of sp³-hybridized carbons (Fsp3) is 0.941. The molecule has 0 aliphatic carbocycles. The molecule has 0 bridgehead atoms. The molecular weight excluding hydrogens is 433 g/mol. The Labute approximate surface area is 169 Å². The van der Waals surface area contributed by atoms with Gasteiger partial charge in [0.25, 0.3) is 0 Å². The summed E-state index contributed by atoms with van der Waals surface area (Å²) in [7, 11) is 4.38. The second kappa shape index (κ2) is 13.1. The molecule has 25 heavy (non-hydrogen) atoms. The first-order valence-electron chi connectivity index (χ1n) is 9.29. The molecule has 7 nitrogen and oxygen atoms in total. The molecule has 0 radical (unpaired) electrons. The van der Waals surface area contributed by atoms with Gasteiger partial charge in [-0.3, -0.25) is 9.89 Å². The van der Waals surface area contributed by atoms with E-state index in [1.54, 1.807) is 0 Å². The van der Waals surface area contributed by atoms with E-state index in [1.807, 2.05) is 0 Å². The second-order valence-corrected chi connectivity index (χ2v) is 6.75. The van der Waals surface area contributed by atoms with Gasteiger partial charge in [-0.05, 0) is 33.9 Å². The minimum atomic E-state index is 0. The molecule has 2 rings (SSSR count). The lowest BCUT2D eigenvalue weighted by atomic mass is 10.2. The molecule has 2 atom stereocenters. The summed E-state index contributed by atoms with van der Waals surface area (Å²) >= 11 is 0. The molecule has 2 fully saturated rings. The van der Waals surface area contributed by atoms with Crippen LogP contribution in [0.3, 0.4) is 0 Å². The van der Waals surface area contributed by atoms with Gasteiger partial charge in [0, 0.05) is 52.0 Å². The van der Waals surface area contributed by atoms with Crippen LogP contribution < -0.4 is 10.6 Å². The Morgan fingerprint density at radius 3 is 2.84 bits per heavy atom. The van der Waals surface area contributed by atoms with Crippen molar-refractivity contribution in [3.63, 3.8) is 0 Å². The summed E-state index contributed by atoms with van der Waals surface area (Å²) < 4.78 is 11.1. The molecule has 2 N–H and O–H groups in total. The summed E-state index contributed by atoms with van der Waals surface area (Å²) in [6, 6.07) is 0.491. The average Bonchev–Trinajstić information content (AvgIpc) is 3.08. The van der Waals surface area contributed by atoms with Crippen LogP contribution in [0, 0.1) is 0 Å². The minimum Gasteiger partial charge on any atom is -0.379 e. The smallest absolute Gasteiger partial charge is 0.191 e. The van der Waals surface area contributed by atoms with Gasteiger partial charge in [0.05, 0.1) is 19.3 Å². The van der Waals surface area contributed by atoms with Gasteiger partial charge >= 0.3 is 0 Å². The van der Waals surface area contributed by atoms with Crippen molar-refractivity contribution in [3.05, 3.63) is 0 Å². The molecule has 0 aromatic heterocycles. The summed E-state index contributed by atoms with van der Waals surface area (Å²) in [5.74, 6) is 0.906. The highest BCUT2D eigenvalue weighted by Gasteiger charge is 2.21. The van der Waals surface area contributed by atoms with Crippen LogP contribution >= 0.6 is 24.0 Å². The Balaban J connectivity index is 0.00000312. The largest absolute Gasteiger partial charge is 0.379 e. The van der Waals surface area contributed by atoms with E-state index >= 15 is 0 Å². The van der Waals surface area contributed by atoms with Crippen molar-refractivity contribution in [1.29, 1.82) is 0 Å². The number of hydrogen-bond donors (Lipinski definition) is 2. The fourth-order valence-corrected chi connectivity index (χ4v) is 3.01. The van der Waals surface area contributed by atoms with E-state index in [4.69, 9.17) is 14.5 Å². The van der Waals surface area contributed by atoms with Crippen LogP contribution in [0.1, 0.15) is 19.8 Å². The summed E-state index contributed by atoms with van der Waals surface area (Å²) in [6.07, 6.45) is 2.30. The normalized spacial score (nSPS) is 25.6. The van der Waals surface area contributed by atoms with Gasteiger partial charge in [-0.15, -0.1) is 24.0 Å². The maximum atomic E-state index is 5.79. The monoisotopic (exact) mass is 469 g/mol. The Bertz CT molecular complexity index is 380. The lowest BCUT2D eigenvalue weighted by Gasteiger charge is -2.36. The highest BCUT2D eigenvalue weighted by Crippen LogP contribution is 2.08. The Morgan fingerprint density at radius 1 is 1.28 bits per heavy atom. The van der Waals surface area contributed by atoms with Crippen molar-refractivity contribution in [3.8, 4) is 0 Å². The van der Waals surface area contributed by atoms with E-state index in [-0.39, 0.29) is 24.0 Å². The number of piperazine rings is 1. The second-order valence-electron chi connectivity index (χ2n) is 6.75. The average molecular weight is 469 g/mol. The predicted molar refractivity (Wildman–Crippen MR) is 113 cm³/mol. The quantitative estimate of drug-likeness (QED) is 0.235. The van der Waals surface area contributed by atoms with Gasteiger partial charge in [-0.2, -0.15) is 0 Å². The van der Waals surface area contributed by atoms with Crippen molar-refractivity contribution in [2.24, 2.45) is 4.99 Å². The number of aliphatic imine (C=N–C) groups is 1. The summed E-state index contributed by atoms with van der Waals surface area (Å²) in [5.41, 5.74) is 0. The van der Waals surface area contributed by atoms with E-state index in [2.05, 4.69) is 41.5 Å². The number of nitrogens with zero attached hydrogens (tertiary/aromatic N) is 3. The van der Waals surface area contributed by atoms with Gasteiger partial charge in [-0.25, -0.2) is 0 Å². The lowest BCUT2D eigenvalue weighted by Crippen LogP contribution is -2.51. The highest BCUT2D eigenvalue weighted by molar-refractivity contribution is 14.0. The van der Waals surface area contributed by atoms with E-state index in [1.165, 1.54) is 0 Å². The standard InChI is InChI=1S/C17H35N5O2.HI/c1-4-18-17(19-7-5-10-24-16-6-11-23-14-16)20-12-15-13-21(2)8-9-22(15)3;/h15-16H,4-14H2,1-3H3,(H2,18,19,20);1H. The number of halogens is 1. The van der Waals surface area contributed by atoms with E-state index in [9.17, 15) is 0 Å². The molecule has 2 saturated heterocycles. The summed E-state index contributed by atoms with van der Waals surface area (Å²) in [5, 5.41) is 6.73. The topological polar surface area (TPSA) is 61.4 Å². The zero-order valence-corrected chi connectivity index (χ0v) is 18.3. The third-order valence-corrected chi connectivity index (χ3v) is 4.64. The molecule has 2 heterocycles. The Hall–Kier alpha value is -0.160. The zero-order valence-electron chi connectivity index (χ0n) is 16.0. The third-order valence-electron chi connectivity index (χ3n) is 4.64. The molecule has 0 saturated carbocycles. The maximum absolute atomic E-state index is 5.79. The highest BCUT2D eigenvalue weighted by atomic mass is 127. The minimum absolute atomic E-state index is 0. The first-order valence-corrected chi connectivity index (χ1v) is 9.29. The number of ether oxygens (including phenoxy) is 2. The van der Waals surface area contributed by atoms with Crippen molar-refractivity contribution >= 4 is 29.9 Å². The predicted octanol–water partition coefficient (Wildman–Crippen LogP) is 0.601. The molecule has 2 aliphatic rings. The number of hydrogen-bond acceptors (Lipinski definition) is 5. The molecule has 2 aliphatic heterocycles. The van der Waals surface area contributed by atoms with Gasteiger partial charge in [0.15, 0.2) is 5.96 Å². The van der Waals surface area contributed by atoms with Gasteiger partial charge in [0.1, 0.15) is 0 Å². The van der Waals surface area contributed by atoms with Crippen molar-refractivity contribution in [2.75, 3.05) is 73.2 Å². The molecule has 148 valence electrons. The van der Waals surface area contributed by atoms with E-state index < -0.39 is 0 Å². The molecule has 0 amide bonds. The van der Waals surface area contributed by atoms with Crippen LogP contribution in [-0.4, -0.2) is 101 Å². The summed E-state index contributed by atoms with van der Waals surface area (Å²) in [6.45, 7) is 10.4. The van der Waals surface area contributed by atoms with Crippen LogP contribution in [-0.2, 0) is 9.47 Å². The molecule has 0 aromatic rings. The van der Waals surface area contributed by atoms with Crippen LogP contribution in [0.2, 0.25) is 0 Å². The van der Waals surface area contributed by atoms with Crippen molar-refractivity contribution < 1.29 is 9.47 Å². The van der Waals surface area contributed by atoms with Crippen LogP contribution in [0.4, 0.5) is 0 Å². The number of nitrogens with one attached hydrogen (secondary N) is 2. The van der Waals surface area contributed by atoms with Gasteiger partial charge in [0.2, 0.25) is 0 Å². The lowest BCUT2D eigenvalue weighted by molar-refractivity contribution is 0.0420. The summed E-state index contributed by atoms with van der Waals surface area (Å²) in [4.78, 5) is 9.55. The fourth-order valence-electron chi connectivity index (χ4n) is 3.01. The van der Waals surface area contributed by atoms with Crippen LogP contribution in [0.15, 0.2) is 4.99 Å². The SMILES string of the molecule is CCNC(=NCC1CN(C)CCN1C)NCCCOC1CCOC1.I. The number of rotatable bonds is 8. The first-order chi connectivity index (χ1) is 11.7. The van der Waals surface area contributed by atoms with E-state index in [0.29, 0.717) is 12.1 Å². The van der Waals surface area contributed by atoms with Crippen molar-refractivity contribution in [1.82, 2.24) is 20.4 Å². The molecule has 8 heteroatoms. The number of guanidine groups is 1. The third kappa shape index (κ3) is 8.85. The number of likely N-dealkylation sites (N-methyl/N-ethyl adjacent to an activating group) is 2.